The van der Waals surface area contributed by atoms with Gasteiger partial charge in [-0.2, -0.15) is 0 Å². The van der Waals surface area contributed by atoms with Gasteiger partial charge in [0.2, 0.25) is 11.8 Å². The summed E-state index contributed by atoms with van der Waals surface area (Å²) in [5.41, 5.74) is 0. The van der Waals surface area contributed by atoms with Crippen LogP contribution in [-0.2, 0) is 9.59 Å². The first kappa shape index (κ1) is 12.0. The molecule has 15 heavy (non-hydrogen) atoms. The fraction of sp³-hybridized carbons (Fsp3) is 0.818. The highest BCUT2D eigenvalue weighted by atomic mass is 16.2. The van der Waals surface area contributed by atoms with Gasteiger partial charge < -0.3 is 10.2 Å². The number of hydrogen-bond donors (Lipinski definition) is 1. The molecule has 1 aliphatic rings. The summed E-state index contributed by atoms with van der Waals surface area (Å²) in [5, 5.41) is 2.77. The van der Waals surface area contributed by atoms with Crippen LogP contribution in [0.3, 0.4) is 0 Å². The standard InChI is InChI=1S/C11H20N2O2/c1-4-6-13-8(3)7-10(14)12-9(5-2)11(13)15/h8-9H,4-7H2,1-3H3,(H,12,14). The van der Waals surface area contributed by atoms with Crippen LogP contribution in [0.4, 0.5) is 0 Å². The van der Waals surface area contributed by atoms with Crippen molar-refractivity contribution in [2.24, 2.45) is 0 Å². The fourth-order valence-corrected chi connectivity index (χ4v) is 1.96. The zero-order valence-electron chi connectivity index (χ0n) is 9.75. The predicted molar refractivity (Wildman–Crippen MR) is 58.3 cm³/mol. The van der Waals surface area contributed by atoms with E-state index in [2.05, 4.69) is 5.32 Å². The maximum atomic E-state index is 12.0. The van der Waals surface area contributed by atoms with Crippen molar-refractivity contribution >= 4 is 11.8 Å². The third-order valence-corrected chi connectivity index (χ3v) is 2.80. The Bertz CT molecular complexity index is 253. The lowest BCUT2D eigenvalue weighted by molar-refractivity contribution is -0.135. The second-order valence-electron chi connectivity index (χ2n) is 4.11. The molecule has 1 saturated heterocycles. The minimum absolute atomic E-state index is 0.0127. The summed E-state index contributed by atoms with van der Waals surface area (Å²) >= 11 is 0. The van der Waals surface area contributed by atoms with Gasteiger partial charge in [-0.15, -0.1) is 0 Å². The van der Waals surface area contributed by atoms with Gasteiger partial charge in [0.15, 0.2) is 0 Å². The van der Waals surface area contributed by atoms with Crippen molar-refractivity contribution in [1.82, 2.24) is 10.2 Å². The van der Waals surface area contributed by atoms with Crippen LogP contribution in [0.15, 0.2) is 0 Å². The molecule has 1 aliphatic heterocycles. The fourth-order valence-electron chi connectivity index (χ4n) is 1.96. The molecule has 0 aliphatic carbocycles. The van der Waals surface area contributed by atoms with Crippen molar-refractivity contribution in [2.45, 2.75) is 52.1 Å². The third kappa shape index (κ3) is 2.70. The Morgan fingerprint density at radius 2 is 2.07 bits per heavy atom. The molecule has 2 atom stereocenters. The van der Waals surface area contributed by atoms with Gasteiger partial charge in [0, 0.05) is 19.0 Å². The van der Waals surface area contributed by atoms with Crippen LogP contribution in [0.1, 0.15) is 40.0 Å². The van der Waals surface area contributed by atoms with E-state index in [9.17, 15) is 9.59 Å². The van der Waals surface area contributed by atoms with Gasteiger partial charge in [0.05, 0.1) is 0 Å². The maximum Gasteiger partial charge on any atom is 0.245 e. The van der Waals surface area contributed by atoms with E-state index >= 15 is 0 Å². The molecule has 2 unspecified atom stereocenters. The number of carbonyl (C=O) groups is 2. The molecule has 0 saturated carbocycles. The Morgan fingerprint density at radius 3 is 2.60 bits per heavy atom. The quantitative estimate of drug-likeness (QED) is 0.756. The van der Waals surface area contributed by atoms with Crippen molar-refractivity contribution in [3.63, 3.8) is 0 Å². The van der Waals surface area contributed by atoms with E-state index in [0.29, 0.717) is 12.8 Å². The molecular formula is C11H20N2O2. The first-order valence-corrected chi connectivity index (χ1v) is 5.70. The van der Waals surface area contributed by atoms with E-state index in [1.54, 1.807) is 0 Å². The molecule has 0 radical (unpaired) electrons. The normalized spacial score (nSPS) is 27.5. The molecule has 4 nitrogen and oxygen atoms in total. The molecule has 1 N–H and O–H groups in total. The highest BCUT2D eigenvalue weighted by Crippen LogP contribution is 2.13. The van der Waals surface area contributed by atoms with Crippen molar-refractivity contribution in [3.8, 4) is 0 Å². The van der Waals surface area contributed by atoms with Gasteiger partial charge in [-0.25, -0.2) is 0 Å². The molecule has 0 spiro atoms. The average Bonchev–Trinajstić information content (AvgIpc) is 2.29. The average molecular weight is 212 g/mol. The first-order valence-electron chi connectivity index (χ1n) is 5.70. The zero-order chi connectivity index (χ0) is 11.4. The van der Waals surface area contributed by atoms with Crippen molar-refractivity contribution in [2.75, 3.05) is 6.54 Å². The number of hydrogen-bond acceptors (Lipinski definition) is 2. The van der Waals surface area contributed by atoms with Crippen molar-refractivity contribution in [1.29, 1.82) is 0 Å². The highest BCUT2D eigenvalue weighted by molar-refractivity contribution is 5.90. The van der Waals surface area contributed by atoms with Crippen LogP contribution in [0, 0.1) is 0 Å². The molecule has 1 fully saturated rings. The second kappa shape index (κ2) is 5.14. The number of rotatable bonds is 3. The number of amides is 2. The van der Waals surface area contributed by atoms with E-state index in [1.807, 2.05) is 25.7 Å². The molecule has 1 rings (SSSR count). The summed E-state index contributed by atoms with van der Waals surface area (Å²) in [6.07, 6.45) is 2.01. The Balaban J connectivity index is 2.83. The lowest BCUT2D eigenvalue weighted by Crippen LogP contribution is -2.46. The minimum Gasteiger partial charge on any atom is -0.344 e. The monoisotopic (exact) mass is 212 g/mol. The topological polar surface area (TPSA) is 49.4 Å². The molecule has 86 valence electrons. The van der Waals surface area contributed by atoms with E-state index in [1.165, 1.54) is 0 Å². The Kier molecular flexibility index (Phi) is 4.12. The third-order valence-electron chi connectivity index (χ3n) is 2.80. The molecule has 0 aromatic heterocycles. The van der Waals surface area contributed by atoms with Crippen LogP contribution < -0.4 is 5.32 Å². The van der Waals surface area contributed by atoms with E-state index in [4.69, 9.17) is 0 Å². The van der Waals surface area contributed by atoms with Crippen LogP contribution in [0.2, 0.25) is 0 Å². The van der Waals surface area contributed by atoms with Crippen LogP contribution in [-0.4, -0.2) is 35.3 Å². The Morgan fingerprint density at radius 1 is 1.40 bits per heavy atom. The number of nitrogens with one attached hydrogen (secondary N) is 1. The summed E-state index contributed by atoms with van der Waals surface area (Å²) in [7, 11) is 0. The molecular weight excluding hydrogens is 192 g/mol. The molecule has 0 bridgehead atoms. The SMILES string of the molecule is CCCN1C(=O)C(CC)NC(=O)CC1C. The van der Waals surface area contributed by atoms with Crippen molar-refractivity contribution < 1.29 is 9.59 Å². The lowest BCUT2D eigenvalue weighted by atomic mass is 10.1. The van der Waals surface area contributed by atoms with Crippen LogP contribution >= 0.6 is 0 Å². The van der Waals surface area contributed by atoms with E-state index < -0.39 is 0 Å². The maximum absolute atomic E-state index is 12.0. The largest absolute Gasteiger partial charge is 0.344 e. The smallest absolute Gasteiger partial charge is 0.245 e. The molecule has 0 aromatic rings. The number of nitrogens with zero attached hydrogens (tertiary/aromatic N) is 1. The van der Waals surface area contributed by atoms with Gasteiger partial charge in [0.25, 0.3) is 0 Å². The summed E-state index contributed by atoms with van der Waals surface area (Å²) in [4.78, 5) is 25.3. The van der Waals surface area contributed by atoms with Crippen LogP contribution in [0.5, 0.6) is 0 Å². The summed E-state index contributed by atoms with van der Waals surface area (Å²) in [6.45, 7) is 6.64. The predicted octanol–water partition coefficient (Wildman–Crippen LogP) is 0.912. The lowest BCUT2D eigenvalue weighted by Gasteiger charge is -2.27. The summed E-state index contributed by atoms with van der Waals surface area (Å²) in [6, 6.07) is -0.303. The zero-order valence-corrected chi connectivity index (χ0v) is 9.75. The first-order chi connectivity index (χ1) is 7.10. The highest BCUT2D eigenvalue weighted by Gasteiger charge is 2.31. The second-order valence-corrected chi connectivity index (χ2v) is 4.11. The molecule has 1 heterocycles. The van der Waals surface area contributed by atoms with Gasteiger partial charge >= 0.3 is 0 Å². The molecule has 4 heteroatoms. The van der Waals surface area contributed by atoms with Gasteiger partial charge in [-0.05, 0) is 19.8 Å². The molecule has 2 amide bonds. The van der Waals surface area contributed by atoms with Gasteiger partial charge in [-0.1, -0.05) is 13.8 Å². The van der Waals surface area contributed by atoms with E-state index in [0.717, 1.165) is 13.0 Å². The Hall–Kier alpha value is -1.06. The van der Waals surface area contributed by atoms with Gasteiger partial charge in [0.1, 0.15) is 6.04 Å². The summed E-state index contributed by atoms with van der Waals surface area (Å²) in [5.74, 6) is 0.0546. The Labute approximate surface area is 91.0 Å². The number of carbonyl (C=O) groups excluding carboxylic acids is 2. The molecule has 0 aromatic carbocycles. The summed E-state index contributed by atoms with van der Waals surface area (Å²) < 4.78 is 0. The minimum atomic E-state index is -0.325. The van der Waals surface area contributed by atoms with Crippen LogP contribution in [0.25, 0.3) is 0 Å². The van der Waals surface area contributed by atoms with Gasteiger partial charge in [-0.3, -0.25) is 9.59 Å². The van der Waals surface area contributed by atoms with E-state index in [-0.39, 0.29) is 23.9 Å². The van der Waals surface area contributed by atoms with Crippen molar-refractivity contribution in [3.05, 3.63) is 0 Å².